The molecule has 0 saturated heterocycles. The van der Waals surface area contributed by atoms with Crippen LogP contribution < -0.4 is 4.74 Å². The number of rotatable bonds is 7. The molecule has 0 unspecified atom stereocenters. The van der Waals surface area contributed by atoms with E-state index in [1.807, 2.05) is 24.3 Å². The van der Waals surface area contributed by atoms with E-state index in [-0.39, 0.29) is 13.0 Å². The van der Waals surface area contributed by atoms with Gasteiger partial charge in [-0.3, -0.25) is 4.18 Å². The summed E-state index contributed by atoms with van der Waals surface area (Å²) in [5, 5.41) is 11.9. The van der Waals surface area contributed by atoms with E-state index in [1.165, 1.54) is 4.80 Å². The number of tetrazole rings is 1. The Morgan fingerprint density at radius 3 is 2.57 bits per heavy atom. The average molecular weight is 312 g/mol. The third-order valence-corrected chi connectivity index (χ3v) is 3.20. The van der Waals surface area contributed by atoms with Crippen LogP contribution in [-0.2, 0) is 27.3 Å². The molecule has 0 spiro atoms. The summed E-state index contributed by atoms with van der Waals surface area (Å²) in [4.78, 5) is 1.44. The number of hydrogen-bond donors (Lipinski definition) is 0. The second-order valence-corrected chi connectivity index (χ2v) is 6.00. The lowest BCUT2D eigenvalue weighted by molar-refractivity contribution is 0.323. The minimum atomic E-state index is -3.44. The van der Waals surface area contributed by atoms with Gasteiger partial charge >= 0.3 is 0 Å². The van der Waals surface area contributed by atoms with Crippen LogP contribution in [-0.4, -0.2) is 48.6 Å². The summed E-state index contributed by atoms with van der Waals surface area (Å²) in [5.41, 5.74) is 1.01. The molecule has 2 aromatic rings. The van der Waals surface area contributed by atoms with Crippen LogP contribution >= 0.6 is 0 Å². The minimum absolute atomic E-state index is 0.00701. The van der Waals surface area contributed by atoms with Crippen molar-refractivity contribution in [3.63, 3.8) is 0 Å². The summed E-state index contributed by atoms with van der Waals surface area (Å²) in [6.45, 7) is 0.483. The predicted octanol–water partition coefficient (Wildman–Crippen LogP) is 0.249. The summed E-state index contributed by atoms with van der Waals surface area (Å²) in [7, 11) is -1.83. The van der Waals surface area contributed by atoms with Crippen molar-refractivity contribution in [3.8, 4) is 5.75 Å². The van der Waals surface area contributed by atoms with Crippen molar-refractivity contribution in [2.45, 2.75) is 13.0 Å². The molecule has 1 aromatic heterocycles. The van der Waals surface area contributed by atoms with Crippen molar-refractivity contribution in [1.29, 1.82) is 0 Å². The third kappa shape index (κ3) is 5.12. The topological polar surface area (TPSA) is 96.2 Å². The quantitative estimate of drug-likeness (QED) is 0.676. The smallest absolute Gasteiger partial charge is 0.264 e. The first-order valence-electron chi connectivity index (χ1n) is 6.20. The van der Waals surface area contributed by atoms with Gasteiger partial charge in [-0.05, 0) is 22.9 Å². The average Bonchev–Trinajstić information content (AvgIpc) is 2.86. The molecule has 0 bridgehead atoms. The number of benzene rings is 1. The van der Waals surface area contributed by atoms with E-state index < -0.39 is 10.1 Å². The van der Waals surface area contributed by atoms with Gasteiger partial charge in [-0.2, -0.15) is 13.2 Å². The molecule has 1 heterocycles. The Balaban J connectivity index is 1.90. The van der Waals surface area contributed by atoms with Crippen LogP contribution in [0.3, 0.4) is 0 Å². The van der Waals surface area contributed by atoms with Crippen molar-refractivity contribution >= 4 is 10.1 Å². The van der Waals surface area contributed by atoms with Gasteiger partial charge in [0.2, 0.25) is 0 Å². The Hall–Kier alpha value is -2.00. The maximum atomic E-state index is 10.8. The van der Waals surface area contributed by atoms with Gasteiger partial charge in [0, 0.05) is 6.42 Å². The van der Waals surface area contributed by atoms with Gasteiger partial charge in [-0.1, -0.05) is 12.1 Å². The van der Waals surface area contributed by atoms with Crippen molar-refractivity contribution in [1.82, 2.24) is 20.2 Å². The second-order valence-electron chi connectivity index (χ2n) is 4.36. The molecule has 21 heavy (non-hydrogen) atoms. The van der Waals surface area contributed by atoms with E-state index in [0.29, 0.717) is 12.4 Å². The number of nitrogens with zero attached hydrogens (tertiary/aromatic N) is 4. The van der Waals surface area contributed by atoms with Crippen molar-refractivity contribution in [2.24, 2.45) is 0 Å². The first-order valence-corrected chi connectivity index (χ1v) is 8.02. The van der Waals surface area contributed by atoms with Crippen LogP contribution in [0.2, 0.25) is 0 Å². The van der Waals surface area contributed by atoms with Gasteiger partial charge in [-0.25, -0.2) is 0 Å². The molecule has 0 N–H and O–H groups in total. The fourth-order valence-corrected chi connectivity index (χ4v) is 2.01. The zero-order chi connectivity index (χ0) is 15.3. The SMILES string of the molecule is COc1ccc(Cn2nnc(CCOS(C)(=O)=O)n2)cc1. The van der Waals surface area contributed by atoms with Crippen molar-refractivity contribution < 1.29 is 17.3 Å². The Kier molecular flexibility index (Phi) is 4.86. The summed E-state index contributed by atoms with van der Waals surface area (Å²) < 4.78 is 31.4. The van der Waals surface area contributed by atoms with Gasteiger partial charge in [0.1, 0.15) is 5.75 Å². The van der Waals surface area contributed by atoms with Crippen molar-refractivity contribution in [3.05, 3.63) is 35.7 Å². The molecule has 0 aliphatic rings. The summed E-state index contributed by atoms with van der Waals surface area (Å²) in [5.74, 6) is 1.22. The van der Waals surface area contributed by atoms with E-state index in [4.69, 9.17) is 4.74 Å². The molecule has 9 heteroatoms. The molecule has 0 atom stereocenters. The van der Waals surface area contributed by atoms with E-state index in [0.717, 1.165) is 17.6 Å². The van der Waals surface area contributed by atoms with Crippen LogP contribution in [0.4, 0.5) is 0 Å². The summed E-state index contributed by atoms with van der Waals surface area (Å²) in [6, 6.07) is 7.53. The fourth-order valence-electron chi connectivity index (χ4n) is 1.62. The number of hydrogen-bond acceptors (Lipinski definition) is 7. The fraction of sp³-hybridized carbons (Fsp3) is 0.417. The molecule has 8 nitrogen and oxygen atoms in total. The highest BCUT2D eigenvalue weighted by atomic mass is 32.2. The molecular weight excluding hydrogens is 296 g/mol. The second kappa shape index (κ2) is 6.64. The van der Waals surface area contributed by atoms with Crippen LogP contribution in [0.5, 0.6) is 5.75 Å². The maximum absolute atomic E-state index is 10.8. The maximum Gasteiger partial charge on any atom is 0.264 e. The largest absolute Gasteiger partial charge is 0.497 e. The molecule has 0 saturated carbocycles. The van der Waals surface area contributed by atoms with Gasteiger partial charge in [-0.15, -0.1) is 10.2 Å². The third-order valence-electron chi connectivity index (χ3n) is 2.60. The molecule has 0 amide bonds. The van der Waals surface area contributed by atoms with Crippen molar-refractivity contribution in [2.75, 3.05) is 20.0 Å². The summed E-state index contributed by atoms with van der Waals surface area (Å²) >= 11 is 0. The number of ether oxygens (including phenoxy) is 1. The van der Waals surface area contributed by atoms with E-state index in [1.54, 1.807) is 7.11 Å². The highest BCUT2D eigenvalue weighted by molar-refractivity contribution is 7.85. The highest BCUT2D eigenvalue weighted by Gasteiger charge is 2.06. The minimum Gasteiger partial charge on any atom is -0.497 e. The molecule has 2 rings (SSSR count). The molecule has 0 aliphatic heterocycles. The first-order chi connectivity index (χ1) is 9.96. The van der Waals surface area contributed by atoms with Gasteiger partial charge in [0.25, 0.3) is 10.1 Å². The normalized spacial score (nSPS) is 11.5. The number of aromatic nitrogens is 4. The van der Waals surface area contributed by atoms with Crippen LogP contribution in [0.15, 0.2) is 24.3 Å². The Bertz CT molecular complexity index is 682. The molecule has 0 fully saturated rings. The Labute approximate surface area is 122 Å². The highest BCUT2D eigenvalue weighted by Crippen LogP contribution is 2.11. The predicted molar refractivity (Wildman–Crippen MR) is 74.4 cm³/mol. The van der Waals surface area contributed by atoms with Gasteiger partial charge in [0.15, 0.2) is 5.82 Å². The lowest BCUT2D eigenvalue weighted by Crippen LogP contribution is -2.08. The molecule has 0 radical (unpaired) electrons. The van der Waals surface area contributed by atoms with E-state index >= 15 is 0 Å². The number of methoxy groups -OCH3 is 1. The molecule has 1 aromatic carbocycles. The molecule has 0 aliphatic carbocycles. The monoisotopic (exact) mass is 312 g/mol. The molecular formula is C12H16N4O4S. The Morgan fingerprint density at radius 1 is 1.24 bits per heavy atom. The lowest BCUT2D eigenvalue weighted by Gasteiger charge is -2.02. The summed E-state index contributed by atoms with van der Waals surface area (Å²) in [6.07, 6.45) is 1.29. The first kappa shape index (κ1) is 15.4. The van der Waals surface area contributed by atoms with Crippen LogP contribution in [0.25, 0.3) is 0 Å². The Morgan fingerprint density at radius 2 is 1.95 bits per heavy atom. The van der Waals surface area contributed by atoms with Gasteiger partial charge in [0.05, 0.1) is 26.5 Å². The van der Waals surface area contributed by atoms with E-state index in [9.17, 15) is 8.42 Å². The zero-order valence-corrected chi connectivity index (χ0v) is 12.6. The van der Waals surface area contributed by atoms with Crippen LogP contribution in [0, 0.1) is 0 Å². The zero-order valence-electron chi connectivity index (χ0n) is 11.8. The van der Waals surface area contributed by atoms with Crippen LogP contribution in [0.1, 0.15) is 11.4 Å². The standard InChI is InChI=1S/C12H16N4O4S/c1-19-11-5-3-10(4-6-11)9-16-14-12(13-15-16)7-8-20-21(2,17)18/h3-6H,7-9H2,1-2H3. The lowest BCUT2D eigenvalue weighted by atomic mass is 10.2. The van der Waals surface area contributed by atoms with Gasteiger partial charge < -0.3 is 4.74 Å². The van der Waals surface area contributed by atoms with E-state index in [2.05, 4.69) is 19.6 Å². The molecule has 114 valence electrons.